The Hall–Kier alpha value is -3.02. The molecule has 0 unspecified atom stereocenters. The number of ether oxygens (including phenoxy) is 3. The summed E-state index contributed by atoms with van der Waals surface area (Å²) in [7, 11) is 2.78. The van der Waals surface area contributed by atoms with Gasteiger partial charge < -0.3 is 19.5 Å². The largest absolute Gasteiger partial charge is 0.496 e. The predicted octanol–water partition coefficient (Wildman–Crippen LogP) is 2.57. The predicted molar refractivity (Wildman–Crippen MR) is 92.7 cm³/mol. The van der Waals surface area contributed by atoms with E-state index in [1.165, 1.54) is 14.2 Å². The van der Waals surface area contributed by atoms with E-state index in [4.69, 9.17) is 14.2 Å². The normalized spacial score (nSPS) is 11.3. The lowest BCUT2D eigenvalue weighted by molar-refractivity contribution is -0.127. The summed E-state index contributed by atoms with van der Waals surface area (Å²) in [6, 6.07) is 14.2. The Morgan fingerprint density at radius 3 is 2.44 bits per heavy atom. The Balaban J connectivity index is 1.98. The van der Waals surface area contributed by atoms with Crippen LogP contribution in [0.25, 0.3) is 0 Å². The third-order valence-electron chi connectivity index (χ3n) is 3.56. The Labute approximate surface area is 146 Å². The molecule has 0 saturated heterocycles. The van der Waals surface area contributed by atoms with E-state index in [1.54, 1.807) is 37.3 Å². The van der Waals surface area contributed by atoms with E-state index in [0.717, 1.165) is 5.56 Å². The van der Waals surface area contributed by atoms with Crippen molar-refractivity contribution in [1.82, 2.24) is 5.32 Å². The maximum atomic E-state index is 12.2. The highest BCUT2D eigenvalue weighted by molar-refractivity contribution is 5.92. The zero-order valence-corrected chi connectivity index (χ0v) is 14.4. The molecule has 25 heavy (non-hydrogen) atoms. The summed E-state index contributed by atoms with van der Waals surface area (Å²) in [5.41, 5.74) is 1.06. The molecule has 0 aromatic heterocycles. The minimum atomic E-state index is -0.638. The van der Waals surface area contributed by atoms with Gasteiger partial charge in [-0.05, 0) is 36.8 Å². The molecule has 132 valence electrons. The third kappa shape index (κ3) is 4.97. The topological polar surface area (TPSA) is 73.9 Å². The van der Waals surface area contributed by atoms with Crippen LogP contribution in [-0.4, -0.2) is 32.2 Å². The standard InChI is InChI=1S/C19H21NO5/c1-13(25-15-7-5-4-6-8-15)18(21)20-12-14-9-10-17(23-2)16(11-14)19(22)24-3/h4-11,13H,12H2,1-3H3,(H,20,21)/t13-/m1/s1. The number of hydrogen-bond acceptors (Lipinski definition) is 5. The van der Waals surface area contributed by atoms with Gasteiger partial charge in [0.15, 0.2) is 6.10 Å². The molecule has 1 N–H and O–H groups in total. The summed E-state index contributed by atoms with van der Waals surface area (Å²) >= 11 is 0. The molecular weight excluding hydrogens is 322 g/mol. The van der Waals surface area contributed by atoms with Crippen LogP contribution in [0.2, 0.25) is 0 Å². The summed E-state index contributed by atoms with van der Waals surface area (Å²) in [6.07, 6.45) is -0.638. The van der Waals surface area contributed by atoms with Crippen molar-refractivity contribution in [2.24, 2.45) is 0 Å². The van der Waals surface area contributed by atoms with Gasteiger partial charge in [0.2, 0.25) is 0 Å². The second kappa shape index (κ2) is 8.73. The highest BCUT2D eigenvalue weighted by Gasteiger charge is 2.16. The van der Waals surface area contributed by atoms with E-state index in [0.29, 0.717) is 17.1 Å². The molecule has 1 amide bonds. The van der Waals surface area contributed by atoms with Crippen molar-refractivity contribution >= 4 is 11.9 Å². The summed E-state index contributed by atoms with van der Waals surface area (Å²) in [5, 5.41) is 2.78. The molecule has 0 aliphatic rings. The molecular formula is C19H21NO5. The van der Waals surface area contributed by atoms with E-state index in [-0.39, 0.29) is 12.5 Å². The Morgan fingerprint density at radius 2 is 1.80 bits per heavy atom. The van der Waals surface area contributed by atoms with Crippen LogP contribution < -0.4 is 14.8 Å². The summed E-state index contributed by atoms with van der Waals surface area (Å²) in [4.78, 5) is 24.0. The third-order valence-corrected chi connectivity index (χ3v) is 3.56. The summed E-state index contributed by atoms with van der Waals surface area (Å²) < 4.78 is 15.5. The smallest absolute Gasteiger partial charge is 0.341 e. The minimum absolute atomic E-state index is 0.251. The number of carbonyl (C=O) groups excluding carboxylic acids is 2. The van der Waals surface area contributed by atoms with Gasteiger partial charge in [-0.25, -0.2) is 4.79 Å². The van der Waals surface area contributed by atoms with Gasteiger partial charge in [0.05, 0.1) is 14.2 Å². The first-order chi connectivity index (χ1) is 12.0. The average Bonchev–Trinajstić information content (AvgIpc) is 2.65. The number of para-hydroxylation sites is 1. The van der Waals surface area contributed by atoms with Crippen LogP contribution in [-0.2, 0) is 16.1 Å². The van der Waals surface area contributed by atoms with Crippen molar-refractivity contribution in [1.29, 1.82) is 0 Å². The first kappa shape index (κ1) is 18.3. The molecule has 0 bridgehead atoms. The molecule has 1 atom stereocenters. The second-order valence-corrected chi connectivity index (χ2v) is 5.32. The van der Waals surface area contributed by atoms with Gasteiger partial charge in [-0.15, -0.1) is 0 Å². The fourth-order valence-corrected chi connectivity index (χ4v) is 2.22. The van der Waals surface area contributed by atoms with Crippen molar-refractivity contribution in [3.8, 4) is 11.5 Å². The number of carbonyl (C=O) groups is 2. The molecule has 6 heteroatoms. The maximum absolute atomic E-state index is 12.2. The molecule has 0 aliphatic heterocycles. The highest BCUT2D eigenvalue weighted by atomic mass is 16.5. The van der Waals surface area contributed by atoms with Crippen molar-refractivity contribution in [3.63, 3.8) is 0 Å². The zero-order valence-electron chi connectivity index (χ0n) is 14.4. The van der Waals surface area contributed by atoms with E-state index in [9.17, 15) is 9.59 Å². The van der Waals surface area contributed by atoms with E-state index < -0.39 is 12.1 Å². The van der Waals surface area contributed by atoms with Crippen LogP contribution in [0.1, 0.15) is 22.8 Å². The van der Waals surface area contributed by atoms with Crippen LogP contribution in [0.5, 0.6) is 11.5 Å². The molecule has 0 spiro atoms. The van der Waals surface area contributed by atoms with Gasteiger partial charge in [0.25, 0.3) is 5.91 Å². The number of nitrogens with one attached hydrogen (secondary N) is 1. The number of benzene rings is 2. The van der Waals surface area contributed by atoms with Gasteiger partial charge in [0.1, 0.15) is 17.1 Å². The Bertz CT molecular complexity index is 730. The van der Waals surface area contributed by atoms with E-state index in [1.807, 2.05) is 18.2 Å². The van der Waals surface area contributed by atoms with Crippen LogP contribution >= 0.6 is 0 Å². The van der Waals surface area contributed by atoms with E-state index >= 15 is 0 Å². The quantitative estimate of drug-likeness (QED) is 0.782. The number of amides is 1. The SMILES string of the molecule is COC(=O)c1cc(CNC(=O)[C@@H](C)Oc2ccccc2)ccc1OC. The van der Waals surface area contributed by atoms with Crippen LogP contribution in [0.3, 0.4) is 0 Å². The van der Waals surface area contributed by atoms with Crippen LogP contribution in [0, 0.1) is 0 Å². The van der Waals surface area contributed by atoms with Crippen molar-refractivity contribution in [2.75, 3.05) is 14.2 Å². The molecule has 0 radical (unpaired) electrons. The molecule has 2 rings (SSSR count). The number of hydrogen-bond donors (Lipinski definition) is 1. The van der Waals surface area contributed by atoms with Crippen molar-refractivity contribution in [3.05, 3.63) is 59.7 Å². The Morgan fingerprint density at radius 1 is 1.08 bits per heavy atom. The summed E-state index contributed by atoms with van der Waals surface area (Å²) in [5.74, 6) is 0.301. The minimum Gasteiger partial charge on any atom is -0.496 e. The fourth-order valence-electron chi connectivity index (χ4n) is 2.22. The zero-order chi connectivity index (χ0) is 18.2. The molecule has 6 nitrogen and oxygen atoms in total. The van der Waals surface area contributed by atoms with Gasteiger partial charge in [-0.2, -0.15) is 0 Å². The fraction of sp³-hybridized carbons (Fsp3) is 0.263. The molecule has 2 aromatic rings. The first-order valence-corrected chi connectivity index (χ1v) is 7.79. The number of methoxy groups -OCH3 is 2. The van der Waals surface area contributed by atoms with Crippen molar-refractivity contribution < 1.29 is 23.8 Å². The van der Waals surface area contributed by atoms with Gasteiger partial charge in [-0.1, -0.05) is 24.3 Å². The molecule has 2 aromatic carbocycles. The average molecular weight is 343 g/mol. The van der Waals surface area contributed by atoms with Crippen LogP contribution in [0.15, 0.2) is 48.5 Å². The van der Waals surface area contributed by atoms with Gasteiger partial charge in [-0.3, -0.25) is 4.79 Å². The molecule has 0 fully saturated rings. The Kier molecular flexibility index (Phi) is 6.39. The highest BCUT2D eigenvalue weighted by Crippen LogP contribution is 2.20. The maximum Gasteiger partial charge on any atom is 0.341 e. The van der Waals surface area contributed by atoms with Gasteiger partial charge in [0, 0.05) is 6.54 Å². The number of rotatable bonds is 7. The lowest BCUT2D eigenvalue weighted by atomic mass is 10.1. The summed E-state index contributed by atoms with van der Waals surface area (Å²) in [6.45, 7) is 1.94. The van der Waals surface area contributed by atoms with Crippen molar-refractivity contribution in [2.45, 2.75) is 19.6 Å². The molecule has 0 aliphatic carbocycles. The monoisotopic (exact) mass is 343 g/mol. The lowest BCUT2D eigenvalue weighted by Gasteiger charge is -2.15. The van der Waals surface area contributed by atoms with Crippen LogP contribution in [0.4, 0.5) is 0 Å². The van der Waals surface area contributed by atoms with E-state index in [2.05, 4.69) is 5.32 Å². The second-order valence-electron chi connectivity index (χ2n) is 5.32. The first-order valence-electron chi connectivity index (χ1n) is 7.79. The molecule has 0 heterocycles. The molecule has 0 saturated carbocycles. The lowest BCUT2D eigenvalue weighted by Crippen LogP contribution is -2.35. The number of esters is 1. The van der Waals surface area contributed by atoms with Gasteiger partial charge >= 0.3 is 5.97 Å².